The normalized spacial score (nSPS) is 13.1. The molecular weight excluding hydrogens is 317 g/mol. The Morgan fingerprint density at radius 3 is 2.27 bits per heavy atom. The monoisotopic (exact) mass is 328 g/mol. The van der Waals surface area contributed by atoms with Crippen LogP contribution in [0.2, 0.25) is 0 Å². The maximum absolute atomic E-state index is 13.3. The van der Waals surface area contributed by atoms with E-state index in [9.17, 15) is 21.6 Å². The van der Waals surface area contributed by atoms with Crippen molar-refractivity contribution in [1.29, 1.82) is 0 Å². The molecule has 1 aromatic heterocycles. The van der Waals surface area contributed by atoms with Crippen LogP contribution in [0.1, 0.15) is 5.56 Å². The lowest BCUT2D eigenvalue weighted by molar-refractivity contribution is -0.197. The summed E-state index contributed by atoms with van der Waals surface area (Å²) < 4.78 is 62.5. The molecule has 3 aromatic rings. The van der Waals surface area contributed by atoms with E-state index in [2.05, 4.69) is 0 Å². The second-order valence-electron chi connectivity index (χ2n) is 4.98. The lowest BCUT2D eigenvalue weighted by atomic mass is 10.1. The summed E-state index contributed by atoms with van der Waals surface area (Å²) in [6, 6.07) is 10.1. The quantitative estimate of drug-likeness (QED) is 0.786. The highest BCUT2D eigenvalue weighted by Gasteiger charge is 2.34. The molecule has 2 aromatic carbocycles. The summed E-state index contributed by atoms with van der Waals surface area (Å²) in [5.74, 6) is -0.422. The van der Waals surface area contributed by atoms with E-state index in [-0.39, 0.29) is 11.0 Å². The van der Waals surface area contributed by atoms with E-state index in [4.69, 9.17) is 5.14 Å². The van der Waals surface area contributed by atoms with Crippen LogP contribution in [0.15, 0.2) is 42.5 Å². The molecule has 4 nitrogen and oxygen atoms in total. The fourth-order valence-corrected chi connectivity index (χ4v) is 3.26. The topological polar surface area (TPSA) is 65.1 Å². The minimum absolute atomic E-state index is 0.0214. The van der Waals surface area contributed by atoms with Crippen LogP contribution in [0.25, 0.3) is 21.8 Å². The molecule has 0 saturated carbocycles. The van der Waals surface area contributed by atoms with Gasteiger partial charge in [-0.1, -0.05) is 24.3 Å². The molecule has 0 spiro atoms. The van der Waals surface area contributed by atoms with E-state index in [1.165, 1.54) is 30.3 Å². The van der Waals surface area contributed by atoms with Gasteiger partial charge in [-0.3, -0.25) is 4.57 Å². The average Bonchev–Trinajstić information content (AvgIpc) is 2.70. The first-order valence-electron chi connectivity index (χ1n) is 6.26. The number of fused-ring (bicyclic) bond motifs is 3. The molecule has 0 aliphatic heterocycles. The van der Waals surface area contributed by atoms with Crippen LogP contribution in [-0.4, -0.2) is 13.0 Å². The van der Waals surface area contributed by atoms with Crippen molar-refractivity contribution in [2.75, 3.05) is 0 Å². The fraction of sp³-hybridized carbons (Fsp3) is 0.143. The lowest BCUT2D eigenvalue weighted by Crippen LogP contribution is -2.16. The Morgan fingerprint density at radius 1 is 1.00 bits per heavy atom. The van der Waals surface area contributed by atoms with Gasteiger partial charge in [0, 0.05) is 10.8 Å². The van der Waals surface area contributed by atoms with Gasteiger partial charge in [-0.15, -0.1) is 13.2 Å². The number of nitrogens with two attached hydrogens (primary N) is 1. The number of hydrogen-bond donors (Lipinski definition) is 1. The summed E-state index contributed by atoms with van der Waals surface area (Å²) >= 11 is 0. The van der Waals surface area contributed by atoms with Crippen molar-refractivity contribution < 1.29 is 21.6 Å². The Hall–Kier alpha value is -2.06. The molecule has 0 amide bonds. The van der Waals surface area contributed by atoms with Gasteiger partial charge in [-0.25, -0.2) is 13.6 Å². The Morgan fingerprint density at radius 2 is 1.64 bits per heavy atom. The van der Waals surface area contributed by atoms with E-state index in [1.54, 1.807) is 12.1 Å². The van der Waals surface area contributed by atoms with Crippen molar-refractivity contribution in [3.05, 3.63) is 48.0 Å². The van der Waals surface area contributed by atoms with E-state index in [0.29, 0.717) is 20.9 Å². The second kappa shape index (κ2) is 4.72. The molecule has 116 valence electrons. The standard InChI is InChI=1S/C14H11F3N2O2S/c15-14(16,17)19-12-4-2-1-3-10(12)11-7-9(5-6-13(11)19)8-22(18,20)21/h1-7H,8H2,(H2,18,20,21). The first kappa shape index (κ1) is 14.9. The number of halogens is 3. The highest BCUT2D eigenvalue weighted by atomic mass is 32.2. The zero-order valence-electron chi connectivity index (χ0n) is 11.1. The van der Waals surface area contributed by atoms with Gasteiger partial charge in [0.1, 0.15) is 0 Å². The first-order valence-corrected chi connectivity index (χ1v) is 7.98. The van der Waals surface area contributed by atoms with Crippen LogP contribution in [0.5, 0.6) is 0 Å². The van der Waals surface area contributed by atoms with E-state index in [1.807, 2.05) is 0 Å². The highest BCUT2D eigenvalue weighted by molar-refractivity contribution is 7.88. The molecule has 0 aliphatic rings. The van der Waals surface area contributed by atoms with E-state index < -0.39 is 22.1 Å². The van der Waals surface area contributed by atoms with Gasteiger partial charge in [-0.05, 0) is 23.8 Å². The number of sulfonamides is 1. The third-order valence-corrected chi connectivity index (χ3v) is 4.09. The van der Waals surface area contributed by atoms with Gasteiger partial charge in [0.15, 0.2) is 0 Å². The predicted molar refractivity (Wildman–Crippen MR) is 77.6 cm³/mol. The average molecular weight is 328 g/mol. The molecule has 1 heterocycles. The maximum atomic E-state index is 13.3. The summed E-state index contributed by atoms with van der Waals surface area (Å²) in [5, 5.41) is 5.74. The molecule has 2 N–H and O–H groups in total. The number of alkyl halides is 3. The van der Waals surface area contributed by atoms with Gasteiger partial charge in [0.05, 0.1) is 16.8 Å². The van der Waals surface area contributed by atoms with Crippen LogP contribution < -0.4 is 5.14 Å². The van der Waals surface area contributed by atoms with Gasteiger partial charge in [-0.2, -0.15) is 0 Å². The smallest absolute Gasteiger partial charge is 0.252 e. The minimum atomic E-state index is -4.57. The number of aromatic nitrogens is 1. The number of benzene rings is 2. The second-order valence-corrected chi connectivity index (χ2v) is 6.59. The molecule has 0 fully saturated rings. The maximum Gasteiger partial charge on any atom is 0.489 e. The van der Waals surface area contributed by atoms with Crippen molar-refractivity contribution >= 4 is 31.8 Å². The first-order chi connectivity index (χ1) is 10.2. The summed E-state index contributed by atoms with van der Waals surface area (Å²) in [4.78, 5) is 0. The van der Waals surface area contributed by atoms with Crippen LogP contribution in [0.4, 0.5) is 13.2 Å². The zero-order valence-corrected chi connectivity index (χ0v) is 11.9. The largest absolute Gasteiger partial charge is 0.489 e. The van der Waals surface area contributed by atoms with Gasteiger partial charge in [0.25, 0.3) is 0 Å². The third kappa shape index (κ3) is 2.55. The number of nitrogens with zero attached hydrogens (tertiary/aromatic N) is 1. The van der Waals surface area contributed by atoms with Crippen LogP contribution in [0.3, 0.4) is 0 Å². The summed E-state index contributed by atoms with van der Waals surface area (Å²) in [7, 11) is -3.75. The Kier molecular flexibility index (Phi) is 3.19. The molecule has 0 atom stereocenters. The Labute approximate surface area is 124 Å². The molecule has 0 saturated heterocycles. The molecule has 22 heavy (non-hydrogen) atoms. The van der Waals surface area contributed by atoms with E-state index >= 15 is 0 Å². The number of primary sulfonamides is 1. The van der Waals surface area contributed by atoms with Gasteiger partial charge in [0.2, 0.25) is 10.0 Å². The predicted octanol–water partition coefficient (Wildman–Crippen LogP) is 3.06. The van der Waals surface area contributed by atoms with Crippen LogP contribution >= 0.6 is 0 Å². The molecule has 0 radical (unpaired) electrons. The lowest BCUT2D eigenvalue weighted by Gasteiger charge is -2.11. The molecule has 8 heteroatoms. The number of para-hydroxylation sites is 1. The minimum Gasteiger partial charge on any atom is -0.252 e. The van der Waals surface area contributed by atoms with Crippen LogP contribution in [0, 0.1) is 0 Å². The fourth-order valence-electron chi connectivity index (χ4n) is 2.62. The van der Waals surface area contributed by atoms with Crippen molar-refractivity contribution in [2.45, 2.75) is 12.1 Å². The SMILES string of the molecule is NS(=O)(=O)Cc1ccc2c(c1)c1ccccc1n2C(F)(F)F. The Balaban J connectivity index is 2.36. The van der Waals surface area contributed by atoms with Gasteiger partial charge < -0.3 is 0 Å². The van der Waals surface area contributed by atoms with Gasteiger partial charge >= 0.3 is 6.30 Å². The van der Waals surface area contributed by atoms with E-state index in [0.717, 1.165) is 0 Å². The number of rotatable bonds is 2. The third-order valence-electron chi connectivity index (χ3n) is 3.36. The van der Waals surface area contributed by atoms with Crippen molar-refractivity contribution in [1.82, 2.24) is 4.57 Å². The van der Waals surface area contributed by atoms with Crippen LogP contribution in [-0.2, 0) is 22.1 Å². The molecule has 3 rings (SSSR count). The summed E-state index contributed by atoms with van der Waals surface area (Å²) in [5.41, 5.74) is 0.352. The Bertz CT molecular complexity index is 975. The van der Waals surface area contributed by atoms with Crippen molar-refractivity contribution in [2.24, 2.45) is 5.14 Å². The summed E-state index contributed by atoms with van der Waals surface area (Å²) in [6.07, 6.45) is -4.57. The van der Waals surface area contributed by atoms with Crippen molar-refractivity contribution in [3.63, 3.8) is 0 Å². The molecule has 0 aliphatic carbocycles. The summed E-state index contributed by atoms with van der Waals surface area (Å²) in [6.45, 7) is 0. The zero-order chi connectivity index (χ0) is 16.1. The number of hydrogen-bond acceptors (Lipinski definition) is 2. The molecular formula is C14H11F3N2O2S. The van der Waals surface area contributed by atoms with Crippen molar-refractivity contribution in [3.8, 4) is 0 Å². The molecule has 0 unspecified atom stereocenters. The highest BCUT2D eigenvalue weighted by Crippen LogP contribution is 2.37. The molecule has 0 bridgehead atoms.